The first-order valence-electron chi connectivity index (χ1n) is 5.73. The molecule has 0 fully saturated rings. The minimum atomic E-state index is -0.583. The summed E-state index contributed by atoms with van der Waals surface area (Å²) < 4.78 is 4.92. The van der Waals surface area contributed by atoms with Gasteiger partial charge in [0.1, 0.15) is 5.15 Å². The average Bonchev–Trinajstić information content (AvgIpc) is 2.46. The van der Waals surface area contributed by atoms with Crippen LogP contribution in [0.1, 0.15) is 20.7 Å². The Labute approximate surface area is 120 Å². The summed E-state index contributed by atoms with van der Waals surface area (Å²) in [4.78, 5) is 27.2. The number of aromatic nitrogens is 1. The van der Waals surface area contributed by atoms with Gasteiger partial charge in [-0.25, -0.2) is 9.78 Å². The number of Topliss-reactive ketones (excluding diaryl/α,β-unsaturated/α-hetero) is 1. The van der Waals surface area contributed by atoms with E-state index in [1.807, 2.05) is 0 Å². The molecular weight excluding hydrogens is 280 g/mol. The van der Waals surface area contributed by atoms with Crippen molar-refractivity contribution in [3.8, 4) is 0 Å². The summed E-state index contributed by atoms with van der Waals surface area (Å²) in [6, 6.07) is 9.26. The van der Waals surface area contributed by atoms with Crippen molar-refractivity contribution in [2.24, 2.45) is 0 Å². The molecule has 0 aliphatic heterocycles. The number of nitrogen functional groups attached to an aromatic ring is 1. The monoisotopic (exact) mass is 290 g/mol. The quantitative estimate of drug-likeness (QED) is 0.404. The molecule has 1 aromatic heterocycles. The topological polar surface area (TPSA) is 82.3 Å². The van der Waals surface area contributed by atoms with Gasteiger partial charge in [-0.1, -0.05) is 11.6 Å². The number of pyridine rings is 1. The van der Waals surface area contributed by atoms with Crippen molar-refractivity contribution in [2.45, 2.75) is 0 Å². The normalized spacial score (nSPS) is 10.1. The molecule has 0 atom stereocenters. The summed E-state index contributed by atoms with van der Waals surface area (Å²) in [7, 11) is 0. The molecule has 20 heavy (non-hydrogen) atoms. The van der Waals surface area contributed by atoms with Crippen LogP contribution in [0.25, 0.3) is 0 Å². The van der Waals surface area contributed by atoms with E-state index in [-0.39, 0.29) is 12.4 Å². The molecule has 2 rings (SSSR count). The number of nitrogens with zero attached hydrogens (tertiary/aromatic N) is 1. The fourth-order valence-electron chi connectivity index (χ4n) is 1.46. The van der Waals surface area contributed by atoms with Crippen molar-refractivity contribution in [2.75, 3.05) is 12.3 Å². The van der Waals surface area contributed by atoms with Gasteiger partial charge in [0, 0.05) is 17.4 Å². The molecule has 0 saturated heterocycles. The Kier molecular flexibility index (Phi) is 4.32. The van der Waals surface area contributed by atoms with Crippen molar-refractivity contribution in [1.82, 2.24) is 4.98 Å². The first-order valence-corrected chi connectivity index (χ1v) is 6.11. The second-order valence-electron chi connectivity index (χ2n) is 3.99. The number of benzene rings is 1. The van der Waals surface area contributed by atoms with Crippen molar-refractivity contribution >= 4 is 29.0 Å². The molecule has 1 aromatic carbocycles. The standard InChI is InChI=1S/C14H11ClN2O3/c15-13-6-3-10(7-17-13)12(18)8-20-14(19)9-1-4-11(16)5-2-9/h1-7H,8,16H2. The Hall–Kier alpha value is -2.40. The van der Waals surface area contributed by atoms with E-state index >= 15 is 0 Å². The lowest BCUT2D eigenvalue weighted by molar-refractivity contribution is 0.0474. The maximum atomic E-state index is 11.8. The van der Waals surface area contributed by atoms with Crippen LogP contribution in [0.4, 0.5) is 5.69 Å². The summed E-state index contributed by atoms with van der Waals surface area (Å²) in [6.07, 6.45) is 1.34. The first kappa shape index (κ1) is 14.0. The van der Waals surface area contributed by atoms with Gasteiger partial charge in [-0.05, 0) is 36.4 Å². The number of esters is 1. The number of ether oxygens (including phenoxy) is 1. The third-order valence-corrected chi connectivity index (χ3v) is 2.75. The van der Waals surface area contributed by atoms with Gasteiger partial charge in [-0.15, -0.1) is 0 Å². The highest BCUT2D eigenvalue weighted by molar-refractivity contribution is 6.29. The average molecular weight is 291 g/mol. The lowest BCUT2D eigenvalue weighted by atomic mass is 10.2. The Morgan fingerprint density at radius 2 is 1.75 bits per heavy atom. The zero-order valence-corrected chi connectivity index (χ0v) is 11.1. The molecule has 0 aliphatic rings. The molecule has 2 N–H and O–H groups in total. The van der Waals surface area contributed by atoms with Crippen molar-refractivity contribution in [1.29, 1.82) is 0 Å². The smallest absolute Gasteiger partial charge is 0.338 e. The second kappa shape index (κ2) is 6.16. The number of anilines is 1. The van der Waals surface area contributed by atoms with Gasteiger partial charge in [0.15, 0.2) is 6.61 Å². The summed E-state index contributed by atoms with van der Waals surface area (Å²) in [5.74, 6) is -0.932. The van der Waals surface area contributed by atoms with Gasteiger partial charge >= 0.3 is 5.97 Å². The van der Waals surface area contributed by atoms with Crippen LogP contribution >= 0.6 is 11.6 Å². The lowest BCUT2D eigenvalue weighted by Gasteiger charge is -2.04. The Balaban J connectivity index is 1.94. The maximum absolute atomic E-state index is 11.8. The van der Waals surface area contributed by atoms with E-state index in [1.165, 1.54) is 30.5 Å². The number of halogens is 1. The molecule has 0 radical (unpaired) electrons. The predicted molar refractivity (Wildman–Crippen MR) is 74.7 cm³/mol. The van der Waals surface area contributed by atoms with E-state index in [2.05, 4.69) is 4.98 Å². The highest BCUT2D eigenvalue weighted by atomic mass is 35.5. The SMILES string of the molecule is Nc1ccc(C(=O)OCC(=O)c2ccc(Cl)nc2)cc1. The van der Waals surface area contributed by atoms with E-state index in [1.54, 1.807) is 12.1 Å². The summed E-state index contributed by atoms with van der Waals surface area (Å²) >= 11 is 5.62. The molecule has 0 amide bonds. The van der Waals surface area contributed by atoms with Crippen LogP contribution in [0.5, 0.6) is 0 Å². The number of nitrogens with two attached hydrogens (primary N) is 1. The number of rotatable bonds is 4. The molecular formula is C14H11ClN2O3. The van der Waals surface area contributed by atoms with Crippen LogP contribution in [0.2, 0.25) is 5.15 Å². The van der Waals surface area contributed by atoms with Crippen molar-refractivity contribution in [3.63, 3.8) is 0 Å². The van der Waals surface area contributed by atoms with Gasteiger partial charge in [0.2, 0.25) is 5.78 Å². The third kappa shape index (κ3) is 3.55. The molecule has 6 heteroatoms. The fraction of sp³-hybridized carbons (Fsp3) is 0.0714. The third-order valence-electron chi connectivity index (χ3n) is 2.53. The Bertz CT molecular complexity index is 566. The first-order chi connectivity index (χ1) is 9.56. The van der Waals surface area contributed by atoms with Crippen LogP contribution in [0, 0.1) is 0 Å². The summed E-state index contributed by atoms with van der Waals surface area (Å²) in [6.45, 7) is -0.355. The second-order valence-corrected chi connectivity index (χ2v) is 4.38. The van der Waals surface area contributed by atoms with Gasteiger partial charge < -0.3 is 10.5 Å². The molecule has 0 aliphatic carbocycles. The molecule has 0 spiro atoms. The molecule has 5 nitrogen and oxygen atoms in total. The molecule has 0 unspecified atom stereocenters. The van der Waals surface area contributed by atoms with Crippen LogP contribution in [0.15, 0.2) is 42.6 Å². The zero-order chi connectivity index (χ0) is 14.5. The number of ketones is 1. The lowest BCUT2D eigenvalue weighted by Crippen LogP contribution is -2.14. The molecule has 0 bridgehead atoms. The molecule has 0 saturated carbocycles. The summed E-state index contributed by atoms with van der Waals surface area (Å²) in [5, 5.41) is 0.292. The van der Waals surface area contributed by atoms with Gasteiger partial charge in [0.05, 0.1) is 5.56 Å². The van der Waals surface area contributed by atoms with Gasteiger partial charge in [-0.2, -0.15) is 0 Å². The van der Waals surface area contributed by atoms with E-state index in [9.17, 15) is 9.59 Å². The van der Waals surface area contributed by atoms with Crippen LogP contribution in [-0.2, 0) is 4.74 Å². The maximum Gasteiger partial charge on any atom is 0.338 e. The van der Waals surface area contributed by atoms with Crippen LogP contribution in [0.3, 0.4) is 0 Å². The minimum absolute atomic E-state index is 0.292. The minimum Gasteiger partial charge on any atom is -0.454 e. The van der Waals surface area contributed by atoms with E-state index in [0.29, 0.717) is 22.0 Å². The van der Waals surface area contributed by atoms with E-state index in [0.717, 1.165) is 0 Å². The number of carbonyl (C=O) groups excluding carboxylic acids is 2. The number of hydrogen-bond acceptors (Lipinski definition) is 5. The molecule has 2 aromatic rings. The fourth-order valence-corrected chi connectivity index (χ4v) is 1.57. The van der Waals surface area contributed by atoms with E-state index < -0.39 is 5.97 Å². The zero-order valence-electron chi connectivity index (χ0n) is 10.4. The largest absolute Gasteiger partial charge is 0.454 e. The highest BCUT2D eigenvalue weighted by Gasteiger charge is 2.12. The summed E-state index contributed by atoms with van der Waals surface area (Å²) in [5.41, 5.74) is 6.73. The Morgan fingerprint density at radius 3 is 2.35 bits per heavy atom. The molecule has 1 heterocycles. The number of hydrogen-bond donors (Lipinski definition) is 1. The highest BCUT2D eigenvalue weighted by Crippen LogP contribution is 2.09. The van der Waals surface area contributed by atoms with Gasteiger partial charge in [-0.3, -0.25) is 4.79 Å². The van der Waals surface area contributed by atoms with E-state index in [4.69, 9.17) is 22.1 Å². The van der Waals surface area contributed by atoms with Crippen molar-refractivity contribution < 1.29 is 14.3 Å². The molecule has 102 valence electrons. The predicted octanol–water partition coefficient (Wildman–Crippen LogP) is 2.36. The Morgan fingerprint density at radius 1 is 1.10 bits per heavy atom. The number of carbonyl (C=O) groups is 2. The van der Waals surface area contributed by atoms with Gasteiger partial charge in [0.25, 0.3) is 0 Å². The van der Waals surface area contributed by atoms with Crippen LogP contribution in [-0.4, -0.2) is 23.3 Å². The van der Waals surface area contributed by atoms with Crippen molar-refractivity contribution in [3.05, 3.63) is 58.9 Å². The van der Waals surface area contributed by atoms with Crippen LogP contribution < -0.4 is 5.73 Å².